The Kier molecular flexibility index (Phi) is 7.20. The molecule has 1 N–H and O–H groups in total. The summed E-state index contributed by atoms with van der Waals surface area (Å²) in [7, 11) is -3.53. The Labute approximate surface area is 144 Å². The number of carbonyl (C=O) groups is 1. The van der Waals surface area contributed by atoms with Crippen molar-refractivity contribution in [1.29, 1.82) is 0 Å². The molecule has 0 radical (unpaired) electrons. The summed E-state index contributed by atoms with van der Waals surface area (Å²) < 4.78 is 32.0. The van der Waals surface area contributed by atoms with Crippen LogP contribution in [0, 0.1) is 0 Å². The standard InChI is InChI=1S/C17H26N2O4S/c1-2-3-4-10-18-17(20)15-6-8-16(9-7-15)24(21,22)19-11-5-13-23-14-12-19/h6-9H,2-5,10-14H2,1H3,(H,18,20). The predicted molar refractivity (Wildman–Crippen MR) is 92.5 cm³/mol. The molecule has 1 aliphatic heterocycles. The first-order valence-electron chi connectivity index (χ1n) is 8.52. The third kappa shape index (κ3) is 5.03. The van der Waals surface area contributed by atoms with E-state index in [1.165, 1.54) is 16.4 Å². The lowest BCUT2D eigenvalue weighted by Gasteiger charge is -2.19. The fourth-order valence-electron chi connectivity index (χ4n) is 2.57. The zero-order chi connectivity index (χ0) is 17.4. The molecule has 1 aromatic rings. The smallest absolute Gasteiger partial charge is 0.251 e. The van der Waals surface area contributed by atoms with Gasteiger partial charge in [-0.1, -0.05) is 19.8 Å². The second-order valence-corrected chi connectivity index (χ2v) is 7.80. The number of nitrogens with zero attached hydrogens (tertiary/aromatic N) is 1. The molecular weight excluding hydrogens is 328 g/mol. The van der Waals surface area contributed by atoms with Crippen LogP contribution in [0.2, 0.25) is 0 Å². The monoisotopic (exact) mass is 354 g/mol. The van der Waals surface area contributed by atoms with Crippen LogP contribution in [0.3, 0.4) is 0 Å². The van der Waals surface area contributed by atoms with Gasteiger partial charge in [0.25, 0.3) is 5.91 Å². The number of unbranched alkanes of at least 4 members (excludes halogenated alkanes) is 2. The normalized spacial score (nSPS) is 16.5. The summed E-state index contributed by atoms with van der Waals surface area (Å²) in [6, 6.07) is 6.14. The summed E-state index contributed by atoms with van der Waals surface area (Å²) in [5, 5.41) is 2.85. The van der Waals surface area contributed by atoms with Gasteiger partial charge in [-0.15, -0.1) is 0 Å². The second kappa shape index (κ2) is 9.15. The Bertz CT molecular complexity index is 620. The maximum Gasteiger partial charge on any atom is 0.251 e. The Morgan fingerprint density at radius 1 is 1.17 bits per heavy atom. The van der Waals surface area contributed by atoms with Gasteiger partial charge in [-0.25, -0.2) is 8.42 Å². The maximum absolute atomic E-state index is 12.6. The molecule has 0 bridgehead atoms. The lowest BCUT2D eigenvalue weighted by Crippen LogP contribution is -2.33. The van der Waals surface area contributed by atoms with E-state index in [0.717, 1.165) is 19.3 Å². The molecule has 134 valence electrons. The number of benzene rings is 1. The van der Waals surface area contributed by atoms with Crippen LogP contribution in [-0.4, -0.2) is 51.5 Å². The van der Waals surface area contributed by atoms with E-state index in [-0.39, 0.29) is 10.8 Å². The third-order valence-corrected chi connectivity index (χ3v) is 5.91. The zero-order valence-corrected chi connectivity index (χ0v) is 15.0. The SMILES string of the molecule is CCCCCNC(=O)c1ccc(S(=O)(=O)N2CCCOCC2)cc1. The second-order valence-electron chi connectivity index (χ2n) is 5.86. The maximum atomic E-state index is 12.6. The van der Waals surface area contributed by atoms with Gasteiger partial charge in [0.1, 0.15) is 0 Å². The highest BCUT2D eigenvalue weighted by Crippen LogP contribution is 2.18. The summed E-state index contributed by atoms with van der Waals surface area (Å²) in [5.74, 6) is -0.168. The molecule has 24 heavy (non-hydrogen) atoms. The zero-order valence-electron chi connectivity index (χ0n) is 14.2. The van der Waals surface area contributed by atoms with E-state index in [4.69, 9.17) is 4.74 Å². The molecular formula is C17H26N2O4S. The minimum Gasteiger partial charge on any atom is -0.380 e. The first-order chi connectivity index (χ1) is 11.6. The van der Waals surface area contributed by atoms with Crippen molar-refractivity contribution in [3.8, 4) is 0 Å². The molecule has 1 amide bonds. The molecule has 0 aromatic heterocycles. The number of amides is 1. The Balaban J connectivity index is 2.01. The molecule has 1 aliphatic rings. The fraction of sp³-hybridized carbons (Fsp3) is 0.588. The van der Waals surface area contributed by atoms with Crippen LogP contribution < -0.4 is 5.32 Å². The van der Waals surface area contributed by atoms with Crippen molar-refractivity contribution in [2.75, 3.05) is 32.8 Å². The molecule has 0 saturated carbocycles. The van der Waals surface area contributed by atoms with E-state index in [1.54, 1.807) is 12.1 Å². The summed E-state index contributed by atoms with van der Waals surface area (Å²) >= 11 is 0. The minimum atomic E-state index is -3.53. The van der Waals surface area contributed by atoms with Crippen molar-refractivity contribution in [1.82, 2.24) is 9.62 Å². The lowest BCUT2D eigenvalue weighted by atomic mass is 10.2. The average Bonchev–Trinajstić information content (AvgIpc) is 2.88. The lowest BCUT2D eigenvalue weighted by molar-refractivity contribution is 0.0953. The number of hydrogen-bond acceptors (Lipinski definition) is 4. The fourth-order valence-corrected chi connectivity index (χ4v) is 4.03. The van der Waals surface area contributed by atoms with Gasteiger partial charge >= 0.3 is 0 Å². The van der Waals surface area contributed by atoms with Crippen molar-refractivity contribution in [2.24, 2.45) is 0 Å². The van der Waals surface area contributed by atoms with Crippen LogP contribution >= 0.6 is 0 Å². The minimum absolute atomic E-state index is 0.168. The quantitative estimate of drug-likeness (QED) is 0.760. The van der Waals surface area contributed by atoms with Crippen molar-refractivity contribution < 1.29 is 17.9 Å². The highest BCUT2D eigenvalue weighted by atomic mass is 32.2. The molecule has 0 atom stereocenters. The number of ether oxygens (including phenoxy) is 1. The molecule has 1 aromatic carbocycles. The van der Waals surface area contributed by atoms with Crippen molar-refractivity contribution in [3.63, 3.8) is 0 Å². The van der Waals surface area contributed by atoms with Gasteiger partial charge in [-0.2, -0.15) is 4.31 Å². The van der Waals surface area contributed by atoms with Crippen molar-refractivity contribution >= 4 is 15.9 Å². The highest BCUT2D eigenvalue weighted by Gasteiger charge is 2.25. The Morgan fingerprint density at radius 2 is 1.92 bits per heavy atom. The van der Waals surface area contributed by atoms with Gasteiger partial charge in [-0.05, 0) is 37.1 Å². The Morgan fingerprint density at radius 3 is 2.62 bits per heavy atom. The van der Waals surface area contributed by atoms with Gasteiger partial charge in [0, 0.05) is 31.8 Å². The molecule has 1 heterocycles. The van der Waals surface area contributed by atoms with Crippen LogP contribution in [0.5, 0.6) is 0 Å². The topological polar surface area (TPSA) is 75.7 Å². The van der Waals surface area contributed by atoms with Gasteiger partial charge in [0.15, 0.2) is 0 Å². The van der Waals surface area contributed by atoms with Crippen LogP contribution in [-0.2, 0) is 14.8 Å². The summed E-state index contributed by atoms with van der Waals surface area (Å²) in [6.45, 7) is 4.57. The van der Waals surface area contributed by atoms with Crippen LogP contribution in [0.25, 0.3) is 0 Å². The number of rotatable bonds is 7. The van der Waals surface area contributed by atoms with Crippen molar-refractivity contribution in [3.05, 3.63) is 29.8 Å². The first kappa shape index (κ1) is 18.9. The largest absolute Gasteiger partial charge is 0.380 e. The van der Waals surface area contributed by atoms with Gasteiger partial charge in [0.05, 0.1) is 11.5 Å². The summed E-state index contributed by atoms with van der Waals surface area (Å²) in [6.07, 6.45) is 3.82. The highest BCUT2D eigenvalue weighted by molar-refractivity contribution is 7.89. The van der Waals surface area contributed by atoms with Crippen LogP contribution in [0.15, 0.2) is 29.2 Å². The summed E-state index contributed by atoms with van der Waals surface area (Å²) in [4.78, 5) is 12.2. The predicted octanol–water partition coefficient (Wildman–Crippen LogP) is 2.02. The van der Waals surface area contributed by atoms with Gasteiger partial charge < -0.3 is 10.1 Å². The molecule has 6 nitrogen and oxygen atoms in total. The number of sulfonamides is 1. The number of carbonyl (C=O) groups excluding carboxylic acids is 1. The van der Waals surface area contributed by atoms with E-state index in [2.05, 4.69) is 12.2 Å². The van der Waals surface area contributed by atoms with Gasteiger partial charge in [-0.3, -0.25) is 4.79 Å². The van der Waals surface area contributed by atoms with E-state index < -0.39 is 10.0 Å². The molecule has 0 spiro atoms. The molecule has 1 saturated heterocycles. The molecule has 7 heteroatoms. The van der Waals surface area contributed by atoms with E-state index in [9.17, 15) is 13.2 Å². The average molecular weight is 354 g/mol. The van der Waals surface area contributed by atoms with E-state index >= 15 is 0 Å². The van der Waals surface area contributed by atoms with Gasteiger partial charge in [0.2, 0.25) is 10.0 Å². The third-order valence-electron chi connectivity index (χ3n) is 4.00. The van der Waals surface area contributed by atoms with E-state index in [1.807, 2.05) is 0 Å². The van der Waals surface area contributed by atoms with Crippen LogP contribution in [0.1, 0.15) is 43.0 Å². The number of hydrogen-bond donors (Lipinski definition) is 1. The van der Waals surface area contributed by atoms with E-state index in [0.29, 0.717) is 44.8 Å². The van der Waals surface area contributed by atoms with Crippen LogP contribution in [0.4, 0.5) is 0 Å². The Hall–Kier alpha value is -1.44. The molecule has 1 fully saturated rings. The molecule has 0 aliphatic carbocycles. The number of nitrogens with one attached hydrogen (secondary N) is 1. The molecule has 2 rings (SSSR count). The first-order valence-corrected chi connectivity index (χ1v) is 9.96. The summed E-state index contributed by atoms with van der Waals surface area (Å²) in [5.41, 5.74) is 0.477. The van der Waals surface area contributed by atoms with Crippen molar-refractivity contribution in [2.45, 2.75) is 37.5 Å². The molecule has 0 unspecified atom stereocenters.